The zero-order valence-corrected chi connectivity index (χ0v) is 11.8. The van der Waals surface area contributed by atoms with Crippen molar-refractivity contribution in [1.29, 1.82) is 0 Å². The number of hydroxylamine groups is 2. The lowest BCUT2D eigenvalue weighted by Gasteiger charge is -2.33. The molecule has 0 bridgehead atoms. The van der Waals surface area contributed by atoms with Crippen LogP contribution in [0.25, 0.3) is 0 Å². The minimum Gasteiger partial charge on any atom is -0.367 e. The first kappa shape index (κ1) is 14.5. The monoisotopic (exact) mass is 242 g/mol. The van der Waals surface area contributed by atoms with Gasteiger partial charge in [0.1, 0.15) is 0 Å². The Labute approximate surface area is 105 Å². The molecule has 1 atom stereocenters. The van der Waals surface area contributed by atoms with Gasteiger partial charge >= 0.3 is 5.97 Å². The second-order valence-electron chi connectivity index (χ2n) is 6.29. The Morgan fingerprint density at radius 1 is 1.41 bits per heavy atom. The van der Waals surface area contributed by atoms with Crippen molar-refractivity contribution in [3.63, 3.8) is 0 Å². The van der Waals surface area contributed by atoms with Crippen LogP contribution < -0.4 is 0 Å². The number of hydrogen-bond donors (Lipinski definition) is 0. The van der Waals surface area contributed by atoms with Crippen LogP contribution in [0.5, 0.6) is 0 Å². The molecule has 17 heavy (non-hydrogen) atoms. The van der Waals surface area contributed by atoms with Gasteiger partial charge < -0.3 is 9.74 Å². The SMILES string of the molecule is CN(C)CC1CCCN(OC(=O)C(C)(C)C)C1. The van der Waals surface area contributed by atoms with E-state index in [1.807, 2.05) is 25.8 Å². The van der Waals surface area contributed by atoms with Crippen LogP contribution in [0.3, 0.4) is 0 Å². The topological polar surface area (TPSA) is 32.8 Å². The van der Waals surface area contributed by atoms with Crippen LogP contribution in [0.2, 0.25) is 0 Å². The molecule has 0 aromatic rings. The van der Waals surface area contributed by atoms with Gasteiger partial charge in [-0.2, -0.15) is 0 Å². The van der Waals surface area contributed by atoms with Gasteiger partial charge in [-0.3, -0.25) is 0 Å². The third-order valence-electron chi connectivity index (χ3n) is 2.93. The summed E-state index contributed by atoms with van der Waals surface area (Å²) in [5.74, 6) is 0.467. The van der Waals surface area contributed by atoms with Gasteiger partial charge in [0, 0.05) is 19.6 Å². The second kappa shape index (κ2) is 5.83. The molecule has 0 aromatic heterocycles. The molecule has 1 aliphatic heterocycles. The molecule has 100 valence electrons. The Bertz CT molecular complexity index is 259. The Hall–Kier alpha value is -0.610. The largest absolute Gasteiger partial charge is 0.367 e. The maximum atomic E-state index is 11.8. The van der Waals surface area contributed by atoms with Crippen molar-refractivity contribution in [2.24, 2.45) is 11.3 Å². The van der Waals surface area contributed by atoms with Gasteiger partial charge in [0.15, 0.2) is 0 Å². The summed E-state index contributed by atoms with van der Waals surface area (Å²) in [7, 11) is 4.17. The van der Waals surface area contributed by atoms with Crippen LogP contribution >= 0.6 is 0 Å². The highest BCUT2D eigenvalue weighted by Crippen LogP contribution is 2.21. The molecule has 0 radical (unpaired) electrons. The van der Waals surface area contributed by atoms with E-state index in [2.05, 4.69) is 19.0 Å². The molecule has 0 amide bonds. The first-order valence-corrected chi connectivity index (χ1v) is 6.41. The van der Waals surface area contributed by atoms with Gasteiger partial charge in [-0.05, 0) is 53.6 Å². The van der Waals surface area contributed by atoms with Gasteiger partial charge in [0.2, 0.25) is 0 Å². The second-order valence-corrected chi connectivity index (χ2v) is 6.29. The van der Waals surface area contributed by atoms with Crippen molar-refractivity contribution in [2.45, 2.75) is 33.6 Å². The molecule has 0 saturated carbocycles. The molecule has 0 aromatic carbocycles. The van der Waals surface area contributed by atoms with Crippen LogP contribution in [-0.4, -0.2) is 49.7 Å². The average molecular weight is 242 g/mol. The lowest BCUT2D eigenvalue weighted by Crippen LogP contribution is -2.42. The molecular formula is C13H26N2O2. The van der Waals surface area contributed by atoms with Crippen LogP contribution in [0, 0.1) is 11.3 Å². The summed E-state index contributed by atoms with van der Waals surface area (Å²) in [6.07, 6.45) is 2.33. The lowest BCUT2D eigenvalue weighted by molar-refractivity contribution is -0.208. The summed E-state index contributed by atoms with van der Waals surface area (Å²) in [5, 5.41) is 1.84. The smallest absolute Gasteiger partial charge is 0.330 e. The van der Waals surface area contributed by atoms with E-state index in [0.717, 1.165) is 26.1 Å². The average Bonchev–Trinajstić information content (AvgIpc) is 2.15. The van der Waals surface area contributed by atoms with E-state index in [1.54, 1.807) is 0 Å². The van der Waals surface area contributed by atoms with Crippen molar-refractivity contribution in [3.05, 3.63) is 0 Å². The van der Waals surface area contributed by atoms with Crippen LogP contribution in [-0.2, 0) is 9.63 Å². The molecule has 1 fully saturated rings. The van der Waals surface area contributed by atoms with Gasteiger partial charge in [0.05, 0.1) is 5.41 Å². The molecule has 1 rings (SSSR count). The predicted octanol–water partition coefficient (Wildman–Crippen LogP) is 1.76. The molecule has 0 N–H and O–H groups in total. The highest BCUT2D eigenvalue weighted by molar-refractivity contribution is 5.75. The molecule has 1 saturated heterocycles. The minimum absolute atomic E-state index is 0.136. The van der Waals surface area contributed by atoms with Crippen molar-refractivity contribution in [1.82, 2.24) is 9.96 Å². The molecule has 1 unspecified atom stereocenters. The first-order chi connectivity index (χ1) is 7.79. The number of rotatable bonds is 3. The van der Waals surface area contributed by atoms with Gasteiger partial charge in [-0.1, -0.05) is 0 Å². The number of piperidine rings is 1. The van der Waals surface area contributed by atoms with Crippen molar-refractivity contribution in [2.75, 3.05) is 33.7 Å². The van der Waals surface area contributed by atoms with E-state index in [-0.39, 0.29) is 5.97 Å². The number of hydrogen-bond acceptors (Lipinski definition) is 4. The van der Waals surface area contributed by atoms with E-state index in [1.165, 1.54) is 6.42 Å². The highest BCUT2D eigenvalue weighted by atomic mass is 16.7. The lowest BCUT2D eigenvalue weighted by atomic mass is 9.97. The maximum Gasteiger partial charge on any atom is 0.330 e. The Morgan fingerprint density at radius 2 is 2.06 bits per heavy atom. The first-order valence-electron chi connectivity index (χ1n) is 6.41. The zero-order valence-electron chi connectivity index (χ0n) is 11.8. The van der Waals surface area contributed by atoms with E-state index >= 15 is 0 Å². The summed E-state index contributed by atoms with van der Waals surface area (Å²) in [6.45, 7) is 8.44. The van der Waals surface area contributed by atoms with Crippen LogP contribution in [0.4, 0.5) is 0 Å². The Kier molecular flexibility index (Phi) is 4.95. The van der Waals surface area contributed by atoms with E-state index in [0.29, 0.717) is 5.92 Å². The summed E-state index contributed by atoms with van der Waals surface area (Å²) in [4.78, 5) is 19.4. The third kappa shape index (κ3) is 5.04. The van der Waals surface area contributed by atoms with E-state index < -0.39 is 5.41 Å². The van der Waals surface area contributed by atoms with Crippen molar-refractivity contribution < 1.29 is 9.63 Å². The molecule has 1 aliphatic rings. The molecular weight excluding hydrogens is 216 g/mol. The summed E-state index contributed by atoms with van der Waals surface area (Å²) in [6, 6.07) is 0. The fraction of sp³-hybridized carbons (Fsp3) is 0.923. The van der Waals surface area contributed by atoms with Crippen LogP contribution in [0.15, 0.2) is 0 Å². The standard InChI is InChI=1S/C13H26N2O2/c1-13(2,3)12(16)17-15-8-6-7-11(10-15)9-14(4)5/h11H,6-10H2,1-5H3. The quantitative estimate of drug-likeness (QED) is 0.755. The third-order valence-corrected chi connectivity index (χ3v) is 2.93. The van der Waals surface area contributed by atoms with Gasteiger partial charge in [-0.15, -0.1) is 5.06 Å². The predicted molar refractivity (Wildman–Crippen MR) is 68.4 cm³/mol. The normalized spacial score (nSPS) is 22.8. The summed E-state index contributed by atoms with van der Waals surface area (Å²) < 4.78 is 0. The van der Waals surface area contributed by atoms with Gasteiger partial charge in [-0.25, -0.2) is 4.79 Å². The summed E-state index contributed by atoms with van der Waals surface area (Å²) >= 11 is 0. The Balaban J connectivity index is 2.42. The maximum absolute atomic E-state index is 11.8. The van der Waals surface area contributed by atoms with E-state index in [9.17, 15) is 4.79 Å². The number of carbonyl (C=O) groups is 1. The van der Waals surface area contributed by atoms with Crippen molar-refractivity contribution >= 4 is 5.97 Å². The van der Waals surface area contributed by atoms with Crippen molar-refractivity contribution in [3.8, 4) is 0 Å². The minimum atomic E-state index is -0.422. The fourth-order valence-corrected chi connectivity index (χ4v) is 2.03. The van der Waals surface area contributed by atoms with E-state index in [4.69, 9.17) is 4.84 Å². The highest BCUT2D eigenvalue weighted by Gasteiger charge is 2.28. The fourth-order valence-electron chi connectivity index (χ4n) is 2.03. The molecule has 4 heteroatoms. The summed E-state index contributed by atoms with van der Waals surface area (Å²) in [5.41, 5.74) is -0.422. The molecule has 4 nitrogen and oxygen atoms in total. The van der Waals surface area contributed by atoms with Crippen LogP contribution in [0.1, 0.15) is 33.6 Å². The number of nitrogens with zero attached hydrogens (tertiary/aromatic N) is 2. The molecule has 0 spiro atoms. The Morgan fingerprint density at radius 3 is 2.59 bits per heavy atom. The number of carbonyl (C=O) groups excluding carboxylic acids is 1. The zero-order chi connectivity index (χ0) is 13.1. The van der Waals surface area contributed by atoms with Gasteiger partial charge in [0.25, 0.3) is 0 Å². The molecule has 0 aliphatic carbocycles. The molecule has 1 heterocycles.